The summed E-state index contributed by atoms with van der Waals surface area (Å²) in [6, 6.07) is 0. The largest absolute Gasteiger partial charge is 0.309 e. The Kier molecular flexibility index (Phi) is 3.84. The molecule has 1 atom stereocenters. The van der Waals surface area contributed by atoms with Gasteiger partial charge in [0.25, 0.3) is 0 Å². The summed E-state index contributed by atoms with van der Waals surface area (Å²) in [7, 11) is 0. The first kappa shape index (κ1) is 13.4. The molecule has 1 aliphatic heterocycles. The zero-order chi connectivity index (χ0) is 12.5. The molecule has 2 nitrogen and oxygen atoms in total. The van der Waals surface area contributed by atoms with E-state index >= 15 is 0 Å². The van der Waals surface area contributed by atoms with E-state index in [1.165, 1.54) is 51.7 Å². The van der Waals surface area contributed by atoms with Gasteiger partial charge in [0.1, 0.15) is 0 Å². The van der Waals surface area contributed by atoms with Crippen molar-refractivity contribution < 1.29 is 0 Å². The highest BCUT2D eigenvalue weighted by atomic mass is 15.3. The highest BCUT2D eigenvalue weighted by Crippen LogP contribution is 2.42. The van der Waals surface area contributed by atoms with Crippen LogP contribution in [0.4, 0.5) is 0 Å². The first-order valence-corrected chi connectivity index (χ1v) is 7.60. The van der Waals surface area contributed by atoms with E-state index in [-0.39, 0.29) is 0 Å². The summed E-state index contributed by atoms with van der Waals surface area (Å²) in [5, 5.41) is 3.79. The van der Waals surface area contributed by atoms with Crippen LogP contribution < -0.4 is 5.32 Å². The van der Waals surface area contributed by atoms with Crippen molar-refractivity contribution in [1.29, 1.82) is 0 Å². The Morgan fingerprint density at radius 2 is 1.76 bits per heavy atom. The fourth-order valence-corrected chi connectivity index (χ4v) is 3.83. The molecule has 0 amide bonds. The summed E-state index contributed by atoms with van der Waals surface area (Å²) < 4.78 is 0. The molecule has 100 valence electrons. The Morgan fingerprint density at radius 3 is 2.24 bits per heavy atom. The number of nitrogens with zero attached hydrogens (tertiary/aromatic N) is 1. The highest BCUT2D eigenvalue weighted by molar-refractivity contribution is 5.05. The minimum absolute atomic E-state index is 0.392. The second-order valence-corrected chi connectivity index (χ2v) is 6.33. The maximum atomic E-state index is 3.79. The van der Waals surface area contributed by atoms with Gasteiger partial charge in [0, 0.05) is 30.7 Å². The molecule has 2 heteroatoms. The summed E-state index contributed by atoms with van der Waals surface area (Å²) in [5.74, 6) is 0.938. The summed E-state index contributed by atoms with van der Waals surface area (Å²) in [4.78, 5) is 2.79. The molecular formula is C15H30N2. The zero-order valence-electron chi connectivity index (χ0n) is 12.2. The SMILES string of the molecule is CCC(CC)(CC)N1CCNC(C)(C2CC2)C1. The van der Waals surface area contributed by atoms with Crippen LogP contribution in [0.1, 0.15) is 59.8 Å². The van der Waals surface area contributed by atoms with Gasteiger partial charge in [0.05, 0.1) is 0 Å². The Hall–Kier alpha value is -0.0800. The molecule has 1 saturated carbocycles. The van der Waals surface area contributed by atoms with Crippen molar-refractivity contribution in [2.75, 3.05) is 19.6 Å². The summed E-state index contributed by atoms with van der Waals surface area (Å²) >= 11 is 0. The first-order valence-electron chi connectivity index (χ1n) is 7.60. The van der Waals surface area contributed by atoms with Crippen LogP contribution >= 0.6 is 0 Å². The van der Waals surface area contributed by atoms with Crippen molar-refractivity contribution in [3.63, 3.8) is 0 Å². The van der Waals surface area contributed by atoms with E-state index in [9.17, 15) is 0 Å². The van der Waals surface area contributed by atoms with E-state index in [1.54, 1.807) is 0 Å². The number of hydrogen-bond acceptors (Lipinski definition) is 2. The van der Waals surface area contributed by atoms with Crippen molar-refractivity contribution in [1.82, 2.24) is 10.2 Å². The van der Waals surface area contributed by atoms with Crippen LogP contribution in [0, 0.1) is 5.92 Å². The molecule has 1 N–H and O–H groups in total. The monoisotopic (exact) mass is 238 g/mol. The number of nitrogens with one attached hydrogen (secondary N) is 1. The molecule has 2 rings (SSSR count). The third kappa shape index (κ3) is 2.39. The van der Waals surface area contributed by atoms with Crippen LogP contribution in [0.2, 0.25) is 0 Å². The molecular weight excluding hydrogens is 208 g/mol. The van der Waals surface area contributed by atoms with Gasteiger partial charge in [-0.05, 0) is 44.9 Å². The Bertz CT molecular complexity index is 247. The van der Waals surface area contributed by atoms with Crippen LogP contribution in [0.25, 0.3) is 0 Å². The van der Waals surface area contributed by atoms with Gasteiger partial charge in [0.15, 0.2) is 0 Å². The average molecular weight is 238 g/mol. The highest BCUT2D eigenvalue weighted by Gasteiger charge is 2.46. The molecule has 0 bridgehead atoms. The molecule has 0 radical (unpaired) electrons. The van der Waals surface area contributed by atoms with Gasteiger partial charge in [-0.25, -0.2) is 0 Å². The van der Waals surface area contributed by atoms with Crippen LogP contribution in [-0.2, 0) is 0 Å². The van der Waals surface area contributed by atoms with Crippen LogP contribution in [-0.4, -0.2) is 35.6 Å². The van der Waals surface area contributed by atoms with Crippen LogP contribution in [0.5, 0.6) is 0 Å². The molecule has 0 aromatic heterocycles. The smallest absolute Gasteiger partial charge is 0.0309 e. The van der Waals surface area contributed by atoms with Crippen LogP contribution in [0.3, 0.4) is 0 Å². The molecule has 1 heterocycles. The molecule has 2 fully saturated rings. The van der Waals surface area contributed by atoms with Gasteiger partial charge in [-0.15, -0.1) is 0 Å². The van der Waals surface area contributed by atoms with Gasteiger partial charge in [-0.3, -0.25) is 4.90 Å². The summed E-state index contributed by atoms with van der Waals surface area (Å²) in [6.45, 7) is 13.2. The van der Waals surface area contributed by atoms with E-state index in [0.717, 1.165) is 5.92 Å². The second kappa shape index (κ2) is 4.89. The number of rotatable bonds is 5. The lowest BCUT2D eigenvalue weighted by atomic mass is 9.83. The molecule has 0 aromatic rings. The van der Waals surface area contributed by atoms with E-state index in [2.05, 4.69) is 37.9 Å². The minimum atomic E-state index is 0.392. The van der Waals surface area contributed by atoms with E-state index < -0.39 is 0 Å². The van der Waals surface area contributed by atoms with Gasteiger partial charge < -0.3 is 5.32 Å². The third-order valence-electron chi connectivity index (χ3n) is 5.55. The lowest BCUT2D eigenvalue weighted by Crippen LogP contribution is -2.65. The molecule has 17 heavy (non-hydrogen) atoms. The Labute approximate surface area is 107 Å². The summed E-state index contributed by atoms with van der Waals surface area (Å²) in [5.41, 5.74) is 0.848. The van der Waals surface area contributed by atoms with Gasteiger partial charge in [-0.2, -0.15) is 0 Å². The Balaban J connectivity index is 2.09. The van der Waals surface area contributed by atoms with Crippen molar-refractivity contribution in [2.24, 2.45) is 5.92 Å². The standard InChI is InChI=1S/C15H30N2/c1-5-15(6-2,7-3)17-11-10-16-14(4,12-17)13-8-9-13/h13,16H,5-12H2,1-4H3. The Morgan fingerprint density at radius 1 is 1.18 bits per heavy atom. The molecule has 0 aromatic carbocycles. The first-order chi connectivity index (χ1) is 8.10. The summed E-state index contributed by atoms with van der Waals surface area (Å²) in [6.07, 6.45) is 6.76. The molecule has 1 aliphatic carbocycles. The van der Waals surface area contributed by atoms with Gasteiger partial charge in [-0.1, -0.05) is 20.8 Å². The predicted molar refractivity (Wildman–Crippen MR) is 74.3 cm³/mol. The topological polar surface area (TPSA) is 15.3 Å². The minimum Gasteiger partial charge on any atom is -0.309 e. The molecule has 0 spiro atoms. The maximum absolute atomic E-state index is 3.79. The zero-order valence-corrected chi connectivity index (χ0v) is 12.2. The number of hydrogen-bond donors (Lipinski definition) is 1. The molecule has 2 aliphatic rings. The fraction of sp³-hybridized carbons (Fsp3) is 1.00. The van der Waals surface area contributed by atoms with E-state index in [1.807, 2.05) is 0 Å². The molecule has 1 saturated heterocycles. The van der Waals surface area contributed by atoms with E-state index in [0.29, 0.717) is 11.1 Å². The van der Waals surface area contributed by atoms with Gasteiger partial charge >= 0.3 is 0 Å². The second-order valence-electron chi connectivity index (χ2n) is 6.33. The fourth-order valence-electron chi connectivity index (χ4n) is 3.83. The van der Waals surface area contributed by atoms with Crippen molar-refractivity contribution in [3.8, 4) is 0 Å². The van der Waals surface area contributed by atoms with Crippen molar-refractivity contribution >= 4 is 0 Å². The predicted octanol–water partition coefficient (Wildman–Crippen LogP) is 3.03. The normalized spacial score (nSPS) is 31.8. The quantitative estimate of drug-likeness (QED) is 0.792. The van der Waals surface area contributed by atoms with Crippen molar-refractivity contribution in [3.05, 3.63) is 0 Å². The third-order valence-corrected chi connectivity index (χ3v) is 5.55. The lowest BCUT2D eigenvalue weighted by molar-refractivity contribution is 0.0144. The van der Waals surface area contributed by atoms with Crippen LogP contribution in [0.15, 0.2) is 0 Å². The maximum Gasteiger partial charge on any atom is 0.0309 e. The number of piperazine rings is 1. The van der Waals surface area contributed by atoms with Crippen molar-refractivity contribution in [2.45, 2.75) is 70.9 Å². The lowest BCUT2D eigenvalue weighted by Gasteiger charge is -2.51. The van der Waals surface area contributed by atoms with Gasteiger partial charge in [0.2, 0.25) is 0 Å². The molecule has 1 unspecified atom stereocenters. The average Bonchev–Trinajstić information content (AvgIpc) is 3.17. The van der Waals surface area contributed by atoms with E-state index in [4.69, 9.17) is 0 Å².